The van der Waals surface area contributed by atoms with Gasteiger partial charge in [-0.25, -0.2) is 0 Å². The maximum absolute atomic E-state index is 12.2. The molecule has 3 aromatic carbocycles. The molecule has 0 saturated heterocycles. The van der Waals surface area contributed by atoms with E-state index in [1.807, 2.05) is 36.4 Å². The van der Waals surface area contributed by atoms with E-state index in [4.69, 9.17) is 9.47 Å². The fourth-order valence-corrected chi connectivity index (χ4v) is 3.77. The van der Waals surface area contributed by atoms with Gasteiger partial charge in [-0.3, -0.25) is 9.59 Å². The minimum Gasteiger partial charge on any atom is -0.507 e. The van der Waals surface area contributed by atoms with Gasteiger partial charge in [0.25, 0.3) is 0 Å². The molecule has 1 aliphatic heterocycles. The van der Waals surface area contributed by atoms with Crippen molar-refractivity contribution >= 4 is 22.5 Å². The number of esters is 1. The zero-order valence-electron chi connectivity index (χ0n) is 15.0. The van der Waals surface area contributed by atoms with Crippen LogP contribution in [0.4, 0.5) is 0 Å². The van der Waals surface area contributed by atoms with Crippen molar-refractivity contribution in [1.29, 1.82) is 0 Å². The number of phenols is 1. The molecule has 5 nitrogen and oxygen atoms in total. The van der Waals surface area contributed by atoms with Gasteiger partial charge in [0, 0.05) is 16.9 Å². The molecule has 0 aromatic heterocycles. The van der Waals surface area contributed by atoms with E-state index >= 15 is 0 Å². The summed E-state index contributed by atoms with van der Waals surface area (Å²) in [6, 6.07) is 14.5. The van der Waals surface area contributed by atoms with Crippen LogP contribution < -0.4 is 9.47 Å². The van der Waals surface area contributed by atoms with Crippen molar-refractivity contribution in [2.24, 2.45) is 0 Å². The summed E-state index contributed by atoms with van der Waals surface area (Å²) >= 11 is 0. The molecule has 0 radical (unpaired) electrons. The van der Waals surface area contributed by atoms with Crippen LogP contribution >= 0.6 is 0 Å². The van der Waals surface area contributed by atoms with Crippen LogP contribution in [0.3, 0.4) is 0 Å². The van der Waals surface area contributed by atoms with E-state index in [1.165, 1.54) is 13.0 Å². The van der Waals surface area contributed by atoms with Crippen LogP contribution in [0, 0.1) is 0 Å². The maximum atomic E-state index is 12.2. The van der Waals surface area contributed by atoms with Gasteiger partial charge in [0.2, 0.25) is 0 Å². The first kappa shape index (κ1) is 17.1. The van der Waals surface area contributed by atoms with Gasteiger partial charge in [0.15, 0.2) is 5.78 Å². The Morgan fingerprint density at radius 3 is 2.56 bits per heavy atom. The van der Waals surface area contributed by atoms with Gasteiger partial charge in [-0.2, -0.15) is 0 Å². The predicted octanol–water partition coefficient (Wildman–Crippen LogP) is 4.20. The highest BCUT2D eigenvalue weighted by molar-refractivity contribution is 5.98. The molecule has 1 atom stereocenters. The number of rotatable bonds is 3. The summed E-state index contributed by atoms with van der Waals surface area (Å²) < 4.78 is 10.8. The van der Waals surface area contributed by atoms with Crippen LogP contribution in [0.1, 0.15) is 40.7 Å². The fourth-order valence-electron chi connectivity index (χ4n) is 3.77. The third-order valence-electron chi connectivity index (χ3n) is 5.01. The van der Waals surface area contributed by atoms with Crippen molar-refractivity contribution in [2.75, 3.05) is 7.11 Å². The molecule has 27 heavy (non-hydrogen) atoms. The summed E-state index contributed by atoms with van der Waals surface area (Å²) in [6.07, 6.45) is 0.0816. The summed E-state index contributed by atoms with van der Waals surface area (Å²) in [5.74, 6) is -0.144. The topological polar surface area (TPSA) is 72.8 Å². The molecule has 4 rings (SSSR count). The minimum atomic E-state index is -0.420. The number of aromatic hydroxyl groups is 1. The van der Waals surface area contributed by atoms with Crippen molar-refractivity contribution in [2.45, 2.75) is 19.3 Å². The number of phenolic OH excluding ortho intramolecular Hbond substituents is 1. The van der Waals surface area contributed by atoms with Crippen molar-refractivity contribution < 1.29 is 24.2 Å². The third-order valence-corrected chi connectivity index (χ3v) is 5.01. The molecule has 1 aliphatic rings. The van der Waals surface area contributed by atoms with E-state index in [2.05, 4.69) is 0 Å². The lowest BCUT2D eigenvalue weighted by atomic mass is 9.82. The van der Waals surface area contributed by atoms with Crippen molar-refractivity contribution in [3.05, 3.63) is 65.2 Å². The number of ketones is 1. The number of hydrogen-bond donors (Lipinski definition) is 1. The van der Waals surface area contributed by atoms with Gasteiger partial charge in [-0.05, 0) is 36.1 Å². The maximum Gasteiger partial charge on any atom is 0.312 e. The number of methoxy groups -OCH3 is 1. The standard InChI is InChI=1S/C22H18O5/c1-12(23)13-7-10-19-21(22(13)25)17(11-20(24)27-19)15-8-9-18(26-2)16-6-4-3-5-14(15)16/h3-10,17,25H,11H2,1-2H3/t17-/m0/s1. The molecule has 0 amide bonds. The Morgan fingerprint density at radius 2 is 1.85 bits per heavy atom. The second-order valence-electron chi connectivity index (χ2n) is 6.56. The average Bonchev–Trinajstić information content (AvgIpc) is 2.66. The molecule has 0 spiro atoms. The second kappa shape index (κ2) is 6.43. The second-order valence-corrected chi connectivity index (χ2v) is 6.56. The number of ether oxygens (including phenoxy) is 2. The van der Waals surface area contributed by atoms with Gasteiger partial charge in [-0.1, -0.05) is 30.3 Å². The van der Waals surface area contributed by atoms with Crippen LogP contribution in [-0.4, -0.2) is 24.0 Å². The molecule has 0 aliphatic carbocycles. The molecule has 5 heteroatoms. The van der Waals surface area contributed by atoms with Gasteiger partial charge in [-0.15, -0.1) is 0 Å². The molecule has 1 heterocycles. The van der Waals surface area contributed by atoms with E-state index in [1.54, 1.807) is 13.2 Å². The molecule has 136 valence electrons. The minimum absolute atomic E-state index is 0.0816. The normalized spacial score (nSPS) is 15.9. The highest BCUT2D eigenvalue weighted by Gasteiger charge is 2.33. The van der Waals surface area contributed by atoms with Crippen LogP contribution in [-0.2, 0) is 4.79 Å². The average molecular weight is 362 g/mol. The molecular formula is C22H18O5. The van der Waals surface area contributed by atoms with E-state index < -0.39 is 5.92 Å². The largest absolute Gasteiger partial charge is 0.507 e. The summed E-state index contributed by atoms with van der Waals surface area (Å²) in [4.78, 5) is 24.1. The highest BCUT2D eigenvalue weighted by Crippen LogP contribution is 2.47. The van der Waals surface area contributed by atoms with Crippen molar-refractivity contribution in [3.63, 3.8) is 0 Å². The number of carbonyl (C=O) groups is 2. The number of fused-ring (bicyclic) bond motifs is 2. The molecule has 1 N–H and O–H groups in total. The zero-order valence-corrected chi connectivity index (χ0v) is 15.0. The lowest BCUT2D eigenvalue weighted by molar-refractivity contribution is -0.135. The Morgan fingerprint density at radius 1 is 1.11 bits per heavy atom. The van der Waals surface area contributed by atoms with E-state index in [0.717, 1.165) is 22.1 Å². The highest BCUT2D eigenvalue weighted by atomic mass is 16.5. The first-order valence-electron chi connectivity index (χ1n) is 8.64. The van der Waals surface area contributed by atoms with Gasteiger partial charge in [0.05, 0.1) is 19.1 Å². The van der Waals surface area contributed by atoms with Gasteiger partial charge >= 0.3 is 5.97 Å². The Balaban J connectivity index is 2.00. The lowest BCUT2D eigenvalue weighted by Gasteiger charge is -2.27. The Hall–Kier alpha value is -3.34. The summed E-state index contributed by atoms with van der Waals surface area (Å²) in [7, 11) is 1.61. The Labute approximate surface area is 156 Å². The molecule has 0 bridgehead atoms. The molecule has 0 unspecified atom stereocenters. The monoisotopic (exact) mass is 362 g/mol. The quantitative estimate of drug-likeness (QED) is 0.429. The molecule has 0 fully saturated rings. The molecule has 3 aromatic rings. The molecule has 0 saturated carbocycles. The van der Waals surface area contributed by atoms with E-state index in [-0.39, 0.29) is 29.5 Å². The summed E-state index contributed by atoms with van der Waals surface area (Å²) in [6.45, 7) is 1.40. The Bertz CT molecular complexity index is 1080. The number of hydrogen-bond acceptors (Lipinski definition) is 5. The zero-order chi connectivity index (χ0) is 19.1. The molecular weight excluding hydrogens is 344 g/mol. The smallest absolute Gasteiger partial charge is 0.312 e. The number of carbonyl (C=O) groups excluding carboxylic acids is 2. The van der Waals surface area contributed by atoms with Gasteiger partial charge in [0.1, 0.15) is 17.2 Å². The first-order valence-corrected chi connectivity index (χ1v) is 8.64. The van der Waals surface area contributed by atoms with E-state index in [9.17, 15) is 14.7 Å². The van der Waals surface area contributed by atoms with Crippen LogP contribution in [0.5, 0.6) is 17.2 Å². The van der Waals surface area contributed by atoms with Crippen LogP contribution in [0.2, 0.25) is 0 Å². The summed E-state index contributed by atoms with van der Waals surface area (Å²) in [5, 5.41) is 12.6. The fraction of sp³-hybridized carbons (Fsp3) is 0.182. The van der Waals surface area contributed by atoms with Crippen molar-refractivity contribution in [3.8, 4) is 17.2 Å². The van der Waals surface area contributed by atoms with E-state index in [0.29, 0.717) is 11.3 Å². The number of Topliss-reactive ketones (excluding diaryl/α,β-unsaturated/α-hetero) is 1. The Kier molecular flexibility index (Phi) is 4.07. The van der Waals surface area contributed by atoms with Crippen molar-refractivity contribution in [1.82, 2.24) is 0 Å². The first-order chi connectivity index (χ1) is 13.0. The summed E-state index contributed by atoms with van der Waals surface area (Å²) in [5.41, 5.74) is 1.56. The van der Waals surface area contributed by atoms with Gasteiger partial charge < -0.3 is 14.6 Å². The van der Waals surface area contributed by atoms with Crippen LogP contribution in [0.15, 0.2) is 48.5 Å². The SMILES string of the molecule is COc1ccc([C@@H]2CC(=O)Oc3ccc(C(C)=O)c(O)c32)c2ccccc12. The lowest BCUT2D eigenvalue weighted by Crippen LogP contribution is -2.22. The third kappa shape index (κ3) is 2.72. The van der Waals surface area contributed by atoms with Crippen LogP contribution in [0.25, 0.3) is 10.8 Å². The number of benzene rings is 3. The predicted molar refractivity (Wildman–Crippen MR) is 101 cm³/mol.